The van der Waals surface area contributed by atoms with Gasteiger partial charge in [0, 0.05) is 17.6 Å². The van der Waals surface area contributed by atoms with Crippen molar-refractivity contribution in [3.05, 3.63) is 23.8 Å². The van der Waals surface area contributed by atoms with Crippen molar-refractivity contribution >= 4 is 30.0 Å². The van der Waals surface area contributed by atoms with Gasteiger partial charge in [0.15, 0.2) is 6.61 Å². The number of aryl methyl sites for hydroxylation is 1. The second-order valence-electron chi connectivity index (χ2n) is 7.53. The predicted octanol–water partition coefficient (Wildman–Crippen LogP) is 3.06. The standard InChI is InChI=1S/C20H28N2O4.ClH/c1-12-8-16(26-11-18(23)25-2)6-7-17(12)22-20(24)15-9-13-4-3-5-14(10-15)19(13)21;/h6-8,13-15,19H,3-5,9-11,21H2,1-2H3,(H,22,24);1H. The Hall–Kier alpha value is -1.79. The van der Waals surface area contributed by atoms with Gasteiger partial charge < -0.3 is 20.5 Å². The molecular formula is C20H29ClN2O4. The molecule has 2 bridgehead atoms. The van der Waals surface area contributed by atoms with Crippen LogP contribution in [0.4, 0.5) is 5.69 Å². The zero-order valence-electron chi connectivity index (χ0n) is 15.9. The summed E-state index contributed by atoms with van der Waals surface area (Å²) < 4.78 is 9.93. The molecule has 3 rings (SSSR count). The summed E-state index contributed by atoms with van der Waals surface area (Å²) in [7, 11) is 1.32. The van der Waals surface area contributed by atoms with Crippen molar-refractivity contribution < 1.29 is 19.1 Å². The van der Waals surface area contributed by atoms with E-state index < -0.39 is 5.97 Å². The average Bonchev–Trinajstić information content (AvgIpc) is 2.61. The van der Waals surface area contributed by atoms with Gasteiger partial charge >= 0.3 is 5.97 Å². The van der Waals surface area contributed by atoms with E-state index in [1.165, 1.54) is 13.5 Å². The van der Waals surface area contributed by atoms with E-state index in [0.29, 0.717) is 17.6 Å². The van der Waals surface area contributed by atoms with Gasteiger partial charge in [-0.1, -0.05) is 6.42 Å². The number of nitrogens with one attached hydrogen (secondary N) is 1. The van der Waals surface area contributed by atoms with E-state index >= 15 is 0 Å². The van der Waals surface area contributed by atoms with Crippen molar-refractivity contribution in [1.29, 1.82) is 0 Å². The number of carbonyl (C=O) groups is 2. The predicted molar refractivity (Wildman–Crippen MR) is 106 cm³/mol. The molecular weight excluding hydrogens is 368 g/mol. The Bertz CT molecular complexity index is 668. The third-order valence-corrected chi connectivity index (χ3v) is 5.82. The first kappa shape index (κ1) is 21.5. The lowest BCUT2D eigenvalue weighted by Crippen LogP contribution is -2.48. The Labute approximate surface area is 166 Å². The second-order valence-corrected chi connectivity index (χ2v) is 7.53. The fraction of sp³-hybridized carbons (Fsp3) is 0.600. The van der Waals surface area contributed by atoms with Gasteiger partial charge in [-0.05, 0) is 68.2 Å². The maximum atomic E-state index is 12.8. The molecule has 1 aromatic carbocycles. The van der Waals surface area contributed by atoms with Gasteiger partial charge in [0.25, 0.3) is 0 Å². The van der Waals surface area contributed by atoms with Crippen LogP contribution in [0, 0.1) is 24.7 Å². The third-order valence-electron chi connectivity index (χ3n) is 5.82. The molecule has 0 saturated heterocycles. The lowest BCUT2D eigenvalue weighted by atomic mass is 9.65. The summed E-state index contributed by atoms with van der Waals surface area (Å²) in [6.07, 6.45) is 5.31. The van der Waals surface area contributed by atoms with Crippen LogP contribution in [0.25, 0.3) is 0 Å². The molecule has 2 fully saturated rings. The summed E-state index contributed by atoms with van der Waals surface area (Å²) in [4.78, 5) is 23.9. The van der Waals surface area contributed by atoms with E-state index in [0.717, 1.165) is 36.9 Å². The molecule has 0 aliphatic heterocycles. The Kier molecular flexibility index (Phi) is 7.50. The zero-order valence-corrected chi connectivity index (χ0v) is 16.7. The van der Waals surface area contributed by atoms with Gasteiger partial charge in [-0.15, -0.1) is 12.4 Å². The minimum atomic E-state index is -0.430. The van der Waals surface area contributed by atoms with E-state index in [1.54, 1.807) is 6.07 Å². The highest BCUT2D eigenvalue weighted by Gasteiger charge is 2.40. The molecule has 2 unspecified atom stereocenters. The molecule has 2 saturated carbocycles. The smallest absolute Gasteiger partial charge is 0.343 e. The number of nitrogens with two attached hydrogens (primary N) is 1. The minimum Gasteiger partial charge on any atom is -0.482 e. The molecule has 1 amide bonds. The summed E-state index contributed by atoms with van der Waals surface area (Å²) in [5, 5.41) is 3.06. The van der Waals surface area contributed by atoms with Gasteiger partial charge in [-0.25, -0.2) is 4.79 Å². The number of fused-ring (bicyclic) bond motifs is 2. The highest BCUT2D eigenvalue weighted by atomic mass is 35.5. The fourth-order valence-electron chi connectivity index (χ4n) is 4.31. The molecule has 2 aliphatic rings. The van der Waals surface area contributed by atoms with Crippen LogP contribution in [0.3, 0.4) is 0 Å². The van der Waals surface area contributed by atoms with Crippen LogP contribution in [-0.2, 0) is 14.3 Å². The molecule has 27 heavy (non-hydrogen) atoms. The molecule has 0 radical (unpaired) electrons. The summed E-state index contributed by atoms with van der Waals surface area (Å²) in [6, 6.07) is 5.64. The van der Waals surface area contributed by atoms with E-state index in [1.807, 2.05) is 19.1 Å². The summed E-state index contributed by atoms with van der Waals surface area (Å²) in [5.41, 5.74) is 8.00. The normalized spacial score (nSPS) is 26.5. The number of methoxy groups -OCH3 is 1. The molecule has 2 aliphatic carbocycles. The number of rotatable bonds is 5. The number of halogens is 1. The fourth-order valence-corrected chi connectivity index (χ4v) is 4.31. The van der Waals surface area contributed by atoms with Gasteiger partial charge in [-0.3, -0.25) is 4.79 Å². The number of anilines is 1. The number of hydrogen-bond donors (Lipinski definition) is 2. The molecule has 6 nitrogen and oxygen atoms in total. The largest absolute Gasteiger partial charge is 0.482 e. The van der Waals surface area contributed by atoms with Crippen molar-refractivity contribution in [3.63, 3.8) is 0 Å². The van der Waals surface area contributed by atoms with Crippen molar-refractivity contribution in [2.75, 3.05) is 19.0 Å². The van der Waals surface area contributed by atoms with E-state index in [2.05, 4.69) is 10.1 Å². The van der Waals surface area contributed by atoms with Crippen LogP contribution in [0.5, 0.6) is 5.75 Å². The van der Waals surface area contributed by atoms with Gasteiger partial charge in [0.05, 0.1) is 7.11 Å². The Morgan fingerprint density at radius 1 is 1.22 bits per heavy atom. The third kappa shape index (κ3) is 5.14. The number of benzene rings is 1. The SMILES string of the molecule is COC(=O)COc1ccc(NC(=O)C2CC3CCCC(C2)C3N)c(C)c1.Cl. The first-order valence-electron chi connectivity index (χ1n) is 9.34. The van der Waals surface area contributed by atoms with Crippen molar-refractivity contribution in [2.45, 2.75) is 45.1 Å². The number of hydrogen-bond acceptors (Lipinski definition) is 5. The highest BCUT2D eigenvalue weighted by molar-refractivity contribution is 5.93. The molecule has 7 heteroatoms. The molecule has 0 heterocycles. The monoisotopic (exact) mass is 396 g/mol. The lowest BCUT2D eigenvalue weighted by molar-refractivity contribution is -0.142. The molecule has 3 N–H and O–H groups in total. The van der Waals surface area contributed by atoms with Crippen LogP contribution >= 0.6 is 12.4 Å². The Balaban J connectivity index is 0.00000261. The van der Waals surface area contributed by atoms with E-state index in [-0.39, 0.29) is 36.9 Å². The van der Waals surface area contributed by atoms with Crippen LogP contribution in [0.2, 0.25) is 0 Å². The number of carbonyl (C=O) groups excluding carboxylic acids is 2. The molecule has 0 spiro atoms. The Morgan fingerprint density at radius 3 is 2.48 bits per heavy atom. The maximum Gasteiger partial charge on any atom is 0.343 e. The van der Waals surface area contributed by atoms with Crippen LogP contribution in [-0.4, -0.2) is 31.6 Å². The quantitative estimate of drug-likeness (QED) is 0.746. The molecule has 150 valence electrons. The van der Waals surface area contributed by atoms with Gasteiger partial charge in [0.1, 0.15) is 5.75 Å². The highest BCUT2D eigenvalue weighted by Crippen LogP contribution is 2.42. The maximum absolute atomic E-state index is 12.8. The lowest BCUT2D eigenvalue weighted by Gasteiger charge is -2.43. The van der Waals surface area contributed by atoms with Crippen LogP contribution < -0.4 is 15.8 Å². The van der Waals surface area contributed by atoms with Gasteiger partial charge in [0.2, 0.25) is 5.91 Å². The number of amides is 1. The molecule has 1 aromatic rings. The minimum absolute atomic E-state index is 0. The van der Waals surface area contributed by atoms with E-state index in [4.69, 9.17) is 10.5 Å². The molecule has 2 atom stereocenters. The second kappa shape index (κ2) is 9.42. The first-order chi connectivity index (χ1) is 12.5. The summed E-state index contributed by atoms with van der Waals surface area (Å²) in [5.74, 6) is 1.23. The topological polar surface area (TPSA) is 90.6 Å². The van der Waals surface area contributed by atoms with Crippen LogP contribution in [0.1, 0.15) is 37.7 Å². The number of ether oxygens (including phenoxy) is 2. The van der Waals surface area contributed by atoms with Crippen molar-refractivity contribution in [3.8, 4) is 5.75 Å². The first-order valence-corrected chi connectivity index (χ1v) is 9.34. The van der Waals surface area contributed by atoms with Crippen molar-refractivity contribution in [2.24, 2.45) is 23.5 Å². The number of esters is 1. The summed E-state index contributed by atoms with van der Waals surface area (Å²) >= 11 is 0. The van der Waals surface area contributed by atoms with E-state index in [9.17, 15) is 9.59 Å². The van der Waals surface area contributed by atoms with Crippen molar-refractivity contribution in [1.82, 2.24) is 0 Å². The van der Waals surface area contributed by atoms with Gasteiger partial charge in [-0.2, -0.15) is 0 Å². The summed E-state index contributed by atoms with van der Waals surface area (Å²) in [6.45, 7) is 1.78. The molecule has 0 aromatic heterocycles. The zero-order chi connectivity index (χ0) is 18.7. The van der Waals surface area contributed by atoms with Crippen LogP contribution in [0.15, 0.2) is 18.2 Å². The average molecular weight is 397 g/mol. The Morgan fingerprint density at radius 2 is 1.89 bits per heavy atom.